The second-order valence-electron chi connectivity index (χ2n) is 5.43. The molecule has 4 heteroatoms. The largest absolute Gasteiger partial charge is 0.323 e. The van der Waals surface area contributed by atoms with Gasteiger partial charge >= 0.3 is 0 Å². The molecule has 2 N–H and O–H groups in total. The summed E-state index contributed by atoms with van der Waals surface area (Å²) in [5.74, 6) is 0.608. The molecule has 1 aromatic heterocycles. The zero-order valence-corrected chi connectivity index (χ0v) is 11.3. The van der Waals surface area contributed by atoms with Crippen molar-refractivity contribution in [2.45, 2.75) is 51.1 Å². The summed E-state index contributed by atoms with van der Waals surface area (Å²) >= 11 is 0. The topological polar surface area (TPSA) is 43.8 Å². The fraction of sp³-hybridized carbons (Fsp3) is 0.533. The van der Waals surface area contributed by atoms with E-state index in [0.29, 0.717) is 11.6 Å². The standard InChI is InChI=1S/C15H20FN3/c1-2-3-6-12(17)15-18-14-11(16)5-4-7-13(14)19(15)10-8-9-10/h4-5,7,10,12H,2-3,6,8-9,17H2,1H3. The van der Waals surface area contributed by atoms with Crippen LogP contribution in [0.1, 0.15) is 56.9 Å². The van der Waals surface area contributed by atoms with Crippen LogP contribution >= 0.6 is 0 Å². The van der Waals surface area contributed by atoms with Crippen LogP contribution in [-0.2, 0) is 0 Å². The van der Waals surface area contributed by atoms with Gasteiger partial charge in [-0.25, -0.2) is 9.37 Å². The third-order valence-corrected chi connectivity index (χ3v) is 3.81. The van der Waals surface area contributed by atoms with E-state index in [2.05, 4.69) is 16.5 Å². The molecule has 1 fully saturated rings. The number of aromatic nitrogens is 2. The number of unbranched alkanes of at least 4 members (excludes halogenated alkanes) is 1. The van der Waals surface area contributed by atoms with Crippen molar-refractivity contribution in [2.24, 2.45) is 5.73 Å². The van der Waals surface area contributed by atoms with Crippen molar-refractivity contribution >= 4 is 11.0 Å². The highest BCUT2D eigenvalue weighted by Crippen LogP contribution is 2.40. The Labute approximate surface area is 112 Å². The molecule has 19 heavy (non-hydrogen) atoms. The molecule has 1 unspecified atom stereocenters. The Morgan fingerprint density at radius 1 is 1.47 bits per heavy atom. The maximum absolute atomic E-state index is 13.9. The first-order chi connectivity index (χ1) is 9.22. The van der Waals surface area contributed by atoms with Crippen LogP contribution in [0, 0.1) is 5.82 Å². The number of halogens is 1. The predicted octanol–water partition coefficient (Wildman–Crippen LogP) is 3.70. The van der Waals surface area contributed by atoms with Crippen molar-refractivity contribution in [3.63, 3.8) is 0 Å². The lowest BCUT2D eigenvalue weighted by Crippen LogP contribution is -2.16. The molecule has 0 spiro atoms. The number of imidazole rings is 1. The normalized spacial score (nSPS) is 17.0. The van der Waals surface area contributed by atoms with Crippen molar-refractivity contribution in [3.8, 4) is 0 Å². The van der Waals surface area contributed by atoms with Crippen molar-refractivity contribution in [1.29, 1.82) is 0 Å². The monoisotopic (exact) mass is 261 g/mol. The molecule has 1 aliphatic rings. The maximum Gasteiger partial charge on any atom is 0.151 e. The molecule has 3 rings (SSSR count). The van der Waals surface area contributed by atoms with E-state index in [9.17, 15) is 4.39 Å². The van der Waals surface area contributed by atoms with Crippen molar-refractivity contribution in [1.82, 2.24) is 9.55 Å². The number of hydrogen-bond acceptors (Lipinski definition) is 2. The van der Waals surface area contributed by atoms with E-state index in [4.69, 9.17) is 5.73 Å². The van der Waals surface area contributed by atoms with Gasteiger partial charge in [-0.2, -0.15) is 0 Å². The molecule has 1 aromatic carbocycles. The van der Waals surface area contributed by atoms with Gasteiger partial charge < -0.3 is 10.3 Å². The first kappa shape index (κ1) is 12.6. The van der Waals surface area contributed by atoms with Gasteiger partial charge in [0, 0.05) is 6.04 Å². The lowest BCUT2D eigenvalue weighted by Gasteiger charge is -2.13. The highest BCUT2D eigenvalue weighted by atomic mass is 19.1. The summed E-state index contributed by atoms with van der Waals surface area (Å²) in [4.78, 5) is 4.49. The van der Waals surface area contributed by atoms with Gasteiger partial charge in [0.1, 0.15) is 11.3 Å². The van der Waals surface area contributed by atoms with Crippen LogP contribution in [0.5, 0.6) is 0 Å². The summed E-state index contributed by atoms with van der Waals surface area (Å²) in [6.07, 6.45) is 5.41. The number of nitrogens with two attached hydrogens (primary N) is 1. The maximum atomic E-state index is 13.9. The van der Waals surface area contributed by atoms with E-state index in [0.717, 1.165) is 43.4 Å². The molecule has 2 aromatic rings. The molecule has 1 heterocycles. The summed E-state index contributed by atoms with van der Waals surface area (Å²) in [7, 11) is 0. The molecule has 0 saturated heterocycles. The molecular weight excluding hydrogens is 241 g/mol. The van der Waals surface area contributed by atoms with Crippen LogP contribution in [0.4, 0.5) is 4.39 Å². The second kappa shape index (κ2) is 4.93. The first-order valence-corrected chi connectivity index (χ1v) is 7.14. The summed E-state index contributed by atoms with van der Waals surface area (Å²) in [5.41, 5.74) is 7.62. The van der Waals surface area contributed by atoms with Crippen LogP contribution in [0.15, 0.2) is 18.2 Å². The first-order valence-electron chi connectivity index (χ1n) is 7.14. The zero-order chi connectivity index (χ0) is 13.4. The van der Waals surface area contributed by atoms with Gasteiger partial charge in [0.15, 0.2) is 5.82 Å². The smallest absolute Gasteiger partial charge is 0.151 e. The van der Waals surface area contributed by atoms with Crippen molar-refractivity contribution < 1.29 is 4.39 Å². The highest BCUT2D eigenvalue weighted by Gasteiger charge is 2.30. The molecule has 0 radical (unpaired) electrons. The Morgan fingerprint density at radius 2 is 2.26 bits per heavy atom. The lowest BCUT2D eigenvalue weighted by atomic mass is 10.1. The fourth-order valence-corrected chi connectivity index (χ4v) is 2.63. The molecular formula is C15H20FN3. The fourth-order valence-electron chi connectivity index (χ4n) is 2.63. The Balaban J connectivity index is 2.07. The molecule has 0 amide bonds. The number of para-hydroxylation sites is 1. The van der Waals surface area contributed by atoms with E-state index in [1.807, 2.05) is 6.07 Å². The van der Waals surface area contributed by atoms with E-state index < -0.39 is 0 Å². The van der Waals surface area contributed by atoms with Crippen LogP contribution in [0.25, 0.3) is 11.0 Å². The van der Waals surface area contributed by atoms with Crippen molar-refractivity contribution in [2.75, 3.05) is 0 Å². The van der Waals surface area contributed by atoms with Crippen molar-refractivity contribution in [3.05, 3.63) is 29.8 Å². The van der Waals surface area contributed by atoms with Gasteiger partial charge in [-0.15, -0.1) is 0 Å². The average Bonchev–Trinajstić information content (AvgIpc) is 3.16. The van der Waals surface area contributed by atoms with E-state index in [1.54, 1.807) is 6.07 Å². The minimum Gasteiger partial charge on any atom is -0.323 e. The molecule has 1 atom stereocenters. The minimum atomic E-state index is -0.249. The highest BCUT2D eigenvalue weighted by molar-refractivity contribution is 5.77. The number of benzene rings is 1. The number of fused-ring (bicyclic) bond motifs is 1. The summed E-state index contributed by atoms with van der Waals surface area (Å²) in [6, 6.07) is 5.54. The Morgan fingerprint density at radius 3 is 2.95 bits per heavy atom. The van der Waals surface area contributed by atoms with Gasteiger partial charge in [-0.3, -0.25) is 0 Å². The minimum absolute atomic E-state index is 0.0904. The van der Waals surface area contributed by atoms with Crippen LogP contribution in [0.2, 0.25) is 0 Å². The van der Waals surface area contributed by atoms with Gasteiger partial charge in [0.05, 0.1) is 11.6 Å². The van der Waals surface area contributed by atoms with E-state index in [1.165, 1.54) is 6.07 Å². The molecule has 102 valence electrons. The summed E-state index contributed by atoms with van der Waals surface area (Å²) in [6.45, 7) is 2.15. The average molecular weight is 261 g/mol. The molecule has 1 aliphatic carbocycles. The van der Waals surface area contributed by atoms with Gasteiger partial charge in [-0.1, -0.05) is 25.8 Å². The van der Waals surface area contributed by atoms with Crippen LogP contribution in [-0.4, -0.2) is 9.55 Å². The third-order valence-electron chi connectivity index (χ3n) is 3.81. The second-order valence-corrected chi connectivity index (χ2v) is 5.43. The van der Waals surface area contributed by atoms with Crippen LogP contribution in [0.3, 0.4) is 0 Å². The number of nitrogens with zero attached hydrogens (tertiary/aromatic N) is 2. The Kier molecular flexibility index (Phi) is 3.27. The van der Waals surface area contributed by atoms with Gasteiger partial charge in [0.25, 0.3) is 0 Å². The van der Waals surface area contributed by atoms with Gasteiger partial charge in [0.2, 0.25) is 0 Å². The Hall–Kier alpha value is -1.42. The quantitative estimate of drug-likeness (QED) is 0.891. The lowest BCUT2D eigenvalue weighted by molar-refractivity contribution is 0.543. The Bertz CT molecular complexity index is 586. The summed E-state index contributed by atoms with van der Waals surface area (Å²) in [5, 5.41) is 0. The summed E-state index contributed by atoms with van der Waals surface area (Å²) < 4.78 is 16.0. The number of hydrogen-bond donors (Lipinski definition) is 1. The van der Waals surface area contributed by atoms with Gasteiger partial charge in [-0.05, 0) is 31.4 Å². The van der Waals surface area contributed by atoms with Crippen LogP contribution < -0.4 is 5.73 Å². The third kappa shape index (κ3) is 2.25. The zero-order valence-electron chi connectivity index (χ0n) is 11.3. The molecule has 0 aliphatic heterocycles. The SMILES string of the molecule is CCCCC(N)c1nc2c(F)cccc2n1C1CC1. The number of rotatable bonds is 5. The molecule has 1 saturated carbocycles. The molecule has 3 nitrogen and oxygen atoms in total. The molecule has 0 bridgehead atoms. The van der Waals surface area contributed by atoms with E-state index in [-0.39, 0.29) is 11.9 Å². The predicted molar refractivity (Wildman–Crippen MR) is 74.4 cm³/mol. The van der Waals surface area contributed by atoms with E-state index >= 15 is 0 Å².